The van der Waals surface area contributed by atoms with E-state index in [1.807, 2.05) is 6.92 Å². The molecule has 0 fully saturated rings. The van der Waals surface area contributed by atoms with Crippen LogP contribution >= 0.6 is 0 Å². The molecule has 0 aliphatic heterocycles. The van der Waals surface area contributed by atoms with Crippen LogP contribution in [0.5, 0.6) is 0 Å². The highest BCUT2D eigenvalue weighted by Crippen LogP contribution is 2.14. The molecule has 0 amide bonds. The lowest BCUT2D eigenvalue weighted by atomic mass is 9.99. The topological polar surface area (TPSA) is 26.0 Å². The summed E-state index contributed by atoms with van der Waals surface area (Å²) < 4.78 is 0. The van der Waals surface area contributed by atoms with E-state index in [9.17, 15) is 0 Å². The summed E-state index contributed by atoms with van der Waals surface area (Å²) in [6.45, 7) is 8.55. The van der Waals surface area contributed by atoms with Crippen LogP contribution in [0.2, 0.25) is 0 Å². The summed E-state index contributed by atoms with van der Waals surface area (Å²) >= 11 is 0. The van der Waals surface area contributed by atoms with Gasteiger partial charge in [0.2, 0.25) is 0 Å². The summed E-state index contributed by atoms with van der Waals surface area (Å²) in [7, 11) is 0. The van der Waals surface area contributed by atoms with E-state index in [-0.39, 0.29) is 0 Å². The number of allylic oxidation sites excluding steroid dienone is 2. The van der Waals surface area contributed by atoms with Crippen LogP contribution in [0.3, 0.4) is 0 Å². The lowest BCUT2D eigenvalue weighted by Crippen LogP contribution is -2.00. The predicted molar refractivity (Wildman–Crippen MR) is 46.6 cm³/mol. The van der Waals surface area contributed by atoms with Crippen molar-refractivity contribution in [3.63, 3.8) is 0 Å². The van der Waals surface area contributed by atoms with Crippen LogP contribution in [0.25, 0.3) is 0 Å². The van der Waals surface area contributed by atoms with Gasteiger partial charge >= 0.3 is 0 Å². The molecular formula is C9H19N. The van der Waals surface area contributed by atoms with E-state index < -0.39 is 0 Å². The third kappa shape index (κ3) is 3.54. The zero-order valence-electron chi connectivity index (χ0n) is 7.57. The number of rotatable bonds is 3. The van der Waals surface area contributed by atoms with Crippen molar-refractivity contribution in [1.29, 1.82) is 0 Å². The van der Waals surface area contributed by atoms with E-state index in [0.29, 0.717) is 0 Å². The molecule has 1 unspecified atom stereocenters. The zero-order chi connectivity index (χ0) is 8.15. The molecule has 0 bridgehead atoms. The van der Waals surface area contributed by atoms with Gasteiger partial charge in [0.25, 0.3) is 0 Å². The Bertz CT molecular complexity index is 121. The standard InChI is InChI=1S/C9H19N/c1-5-7(2)6-8(3)9(4)10/h7H,5-6,10H2,1-4H3/b9-8-. The van der Waals surface area contributed by atoms with Crippen molar-refractivity contribution in [3.05, 3.63) is 11.3 Å². The minimum atomic E-state index is 0.776. The van der Waals surface area contributed by atoms with Crippen LogP contribution in [0.1, 0.15) is 40.5 Å². The predicted octanol–water partition coefficient (Wildman–Crippen LogP) is 2.68. The molecule has 0 aromatic rings. The van der Waals surface area contributed by atoms with E-state index >= 15 is 0 Å². The Morgan fingerprint density at radius 3 is 2.20 bits per heavy atom. The van der Waals surface area contributed by atoms with Gasteiger partial charge < -0.3 is 5.73 Å². The van der Waals surface area contributed by atoms with Crippen molar-refractivity contribution < 1.29 is 0 Å². The molecule has 10 heavy (non-hydrogen) atoms. The second kappa shape index (κ2) is 4.37. The fourth-order valence-electron chi connectivity index (χ4n) is 0.828. The normalized spacial score (nSPS) is 16.4. The average molecular weight is 141 g/mol. The summed E-state index contributed by atoms with van der Waals surface area (Å²) in [5, 5.41) is 0. The van der Waals surface area contributed by atoms with Gasteiger partial charge in [0.05, 0.1) is 0 Å². The van der Waals surface area contributed by atoms with Crippen molar-refractivity contribution in [2.75, 3.05) is 0 Å². The highest BCUT2D eigenvalue weighted by molar-refractivity contribution is 5.05. The van der Waals surface area contributed by atoms with Crippen LogP contribution in [-0.4, -0.2) is 0 Å². The Morgan fingerprint density at radius 2 is 1.90 bits per heavy atom. The number of hydrogen-bond acceptors (Lipinski definition) is 1. The first kappa shape index (κ1) is 9.54. The van der Waals surface area contributed by atoms with Crippen molar-refractivity contribution in [3.8, 4) is 0 Å². The second-order valence-electron chi connectivity index (χ2n) is 3.18. The Kier molecular flexibility index (Phi) is 4.17. The highest BCUT2D eigenvalue weighted by atomic mass is 14.6. The Hall–Kier alpha value is -0.460. The van der Waals surface area contributed by atoms with E-state index in [1.165, 1.54) is 12.0 Å². The number of hydrogen-bond donors (Lipinski definition) is 1. The van der Waals surface area contributed by atoms with Crippen molar-refractivity contribution >= 4 is 0 Å². The first-order valence-corrected chi connectivity index (χ1v) is 3.99. The quantitative estimate of drug-likeness (QED) is 0.642. The first-order valence-electron chi connectivity index (χ1n) is 3.99. The molecule has 0 aliphatic carbocycles. The molecule has 0 spiro atoms. The molecule has 0 aromatic heterocycles. The first-order chi connectivity index (χ1) is 4.57. The molecule has 0 heterocycles. The van der Waals surface area contributed by atoms with Gasteiger partial charge in [0.15, 0.2) is 0 Å². The van der Waals surface area contributed by atoms with E-state index in [2.05, 4.69) is 20.8 Å². The molecule has 1 heteroatoms. The minimum absolute atomic E-state index is 0.776. The summed E-state index contributed by atoms with van der Waals surface area (Å²) in [4.78, 5) is 0. The molecular weight excluding hydrogens is 122 g/mol. The van der Waals surface area contributed by atoms with Crippen LogP contribution in [0.15, 0.2) is 11.3 Å². The molecule has 0 aliphatic rings. The Labute approximate surface area is 64.3 Å². The highest BCUT2D eigenvalue weighted by Gasteiger charge is 2.00. The Morgan fingerprint density at radius 1 is 1.40 bits per heavy atom. The molecule has 0 saturated carbocycles. The Balaban J connectivity index is 3.79. The van der Waals surface area contributed by atoms with Gasteiger partial charge in [0.1, 0.15) is 0 Å². The summed E-state index contributed by atoms with van der Waals surface area (Å²) in [5.74, 6) is 0.776. The van der Waals surface area contributed by atoms with Gasteiger partial charge in [-0.25, -0.2) is 0 Å². The molecule has 0 rings (SSSR count). The monoisotopic (exact) mass is 141 g/mol. The zero-order valence-corrected chi connectivity index (χ0v) is 7.57. The van der Waals surface area contributed by atoms with Crippen molar-refractivity contribution in [2.45, 2.75) is 40.5 Å². The van der Waals surface area contributed by atoms with Gasteiger partial charge in [-0.05, 0) is 26.2 Å². The molecule has 1 atom stereocenters. The largest absolute Gasteiger partial charge is 0.402 e. The third-order valence-electron chi connectivity index (χ3n) is 2.02. The summed E-state index contributed by atoms with van der Waals surface area (Å²) in [6, 6.07) is 0. The van der Waals surface area contributed by atoms with Crippen LogP contribution in [0, 0.1) is 5.92 Å². The lowest BCUT2D eigenvalue weighted by molar-refractivity contribution is 0.554. The molecule has 1 nitrogen and oxygen atoms in total. The summed E-state index contributed by atoms with van der Waals surface area (Å²) in [5.41, 5.74) is 7.95. The maximum absolute atomic E-state index is 5.62. The minimum Gasteiger partial charge on any atom is -0.402 e. The SMILES string of the molecule is CCC(C)C/C(C)=C(/C)N. The van der Waals surface area contributed by atoms with Crippen molar-refractivity contribution in [1.82, 2.24) is 0 Å². The maximum Gasteiger partial charge on any atom is 0.00380 e. The van der Waals surface area contributed by atoms with Crippen molar-refractivity contribution in [2.24, 2.45) is 11.7 Å². The molecule has 0 saturated heterocycles. The van der Waals surface area contributed by atoms with Gasteiger partial charge in [-0.15, -0.1) is 0 Å². The van der Waals surface area contributed by atoms with Crippen LogP contribution in [-0.2, 0) is 0 Å². The van der Waals surface area contributed by atoms with E-state index in [1.54, 1.807) is 0 Å². The third-order valence-corrected chi connectivity index (χ3v) is 2.02. The van der Waals surface area contributed by atoms with E-state index in [0.717, 1.165) is 18.0 Å². The fraction of sp³-hybridized carbons (Fsp3) is 0.778. The van der Waals surface area contributed by atoms with Gasteiger partial charge in [-0.1, -0.05) is 25.8 Å². The van der Waals surface area contributed by atoms with E-state index in [4.69, 9.17) is 5.73 Å². The smallest absolute Gasteiger partial charge is 0.00380 e. The lowest BCUT2D eigenvalue weighted by Gasteiger charge is -2.09. The fourth-order valence-corrected chi connectivity index (χ4v) is 0.828. The van der Waals surface area contributed by atoms with Gasteiger partial charge in [0, 0.05) is 5.70 Å². The second-order valence-corrected chi connectivity index (χ2v) is 3.18. The van der Waals surface area contributed by atoms with Crippen LogP contribution < -0.4 is 5.73 Å². The molecule has 2 N–H and O–H groups in total. The van der Waals surface area contributed by atoms with Crippen LogP contribution in [0.4, 0.5) is 0 Å². The maximum atomic E-state index is 5.62. The van der Waals surface area contributed by atoms with Gasteiger partial charge in [-0.2, -0.15) is 0 Å². The molecule has 0 radical (unpaired) electrons. The number of nitrogens with two attached hydrogens (primary N) is 1. The summed E-state index contributed by atoms with van der Waals surface area (Å²) in [6.07, 6.45) is 2.39. The molecule has 60 valence electrons. The van der Waals surface area contributed by atoms with Gasteiger partial charge in [-0.3, -0.25) is 0 Å². The average Bonchev–Trinajstić information content (AvgIpc) is 1.87. The molecule has 0 aromatic carbocycles.